The van der Waals surface area contributed by atoms with Crippen LogP contribution in [-0.2, 0) is 0 Å². The van der Waals surface area contributed by atoms with Gasteiger partial charge in [-0.2, -0.15) is 0 Å². The third kappa shape index (κ3) is 3.29. The SMILES string of the molecule is CCCNC(c1c(F)cccc1F)C(C)(C)CC. The van der Waals surface area contributed by atoms with Crippen molar-refractivity contribution < 1.29 is 8.78 Å². The summed E-state index contributed by atoms with van der Waals surface area (Å²) in [5, 5.41) is 3.28. The van der Waals surface area contributed by atoms with Crippen LogP contribution in [0.4, 0.5) is 8.78 Å². The second-order valence-corrected chi connectivity index (χ2v) is 5.36. The number of halogens is 2. The van der Waals surface area contributed by atoms with Crippen LogP contribution in [0, 0.1) is 17.0 Å². The maximum Gasteiger partial charge on any atom is 0.130 e. The van der Waals surface area contributed by atoms with Gasteiger partial charge in [-0.15, -0.1) is 0 Å². The maximum absolute atomic E-state index is 13.9. The van der Waals surface area contributed by atoms with E-state index in [9.17, 15) is 8.78 Å². The van der Waals surface area contributed by atoms with Crippen molar-refractivity contribution >= 4 is 0 Å². The average Bonchev–Trinajstić information content (AvgIpc) is 2.32. The maximum atomic E-state index is 13.9. The van der Waals surface area contributed by atoms with Gasteiger partial charge in [0.25, 0.3) is 0 Å². The van der Waals surface area contributed by atoms with E-state index in [2.05, 4.69) is 5.32 Å². The zero-order valence-electron chi connectivity index (χ0n) is 11.7. The van der Waals surface area contributed by atoms with Gasteiger partial charge in [0.15, 0.2) is 0 Å². The van der Waals surface area contributed by atoms with Crippen molar-refractivity contribution in [3.05, 3.63) is 35.4 Å². The van der Waals surface area contributed by atoms with Crippen molar-refractivity contribution in [3.63, 3.8) is 0 Å². The highest BCUT2D eigenvalue weighted by Gasteiger charge is 2.32. The normalized spacial score (nSPS) is 13.7. The van der Waals surface area contributed by atoms with Crippen molar-refractivity contribution in [1.82, 2.24) is 5.32 Å². The molecule has 0 radical (unpaired) electrons. The number of hydrogen-bond donors (Lipinski definition) is 1. The molecule has 1 rings (SSSR count). The highest BCUT2D eigenvalue weighted by atomic mass is 19.1. The fraction of sp³-hybridized carbons (Fsp3) is 0.600. The molecule has 1 aromatic rings. The summed E-state index contributed by atoms with van der Waals surface area (Å²) in [7, 11) is 0. The Morgan fingerprint density at radius 3 is 2.17 bits per heavy atom. The summed E-state index contributed by atoms with van der Waals surface area (Å²) in [5.74, 6) is -0.935. The monoisotopic (exact) mass is 255 g/mol. The van der Waals surface area contributed by atoms with Crippen molar-refractivity contribution in [1.29, 1.82) is 0 Å². The number of rotatable bonds is 6. The van der Waals surface area contributed by atoms with Crippen LogP contribution in [0.2, 0.25) is 0 Å². The summed E-state index contributed by atoms with van der Waals surface area (Å²) in [5.41, 5.74) is -0.0316. The molecule has 0 bridgehead atoms. The minimum absolute atomic E-state index is 0.165. The smallest absolute Gasteiger partial charge is 0.130 e. The van der Waals surface area contributed by atoms with Crippen LogP contribution in [0.1, 0.15) is 52.1 Å². The first-order valence-corrected chi connectivity index (χ1v) is 6.61. The van der Waals surface area contributed by atoms with Gasteiger partial charge >= 0.3 is 0 Å². The first-order valence-electron chi connectivity index (χ1n) is 6.61. The first kappa shape index (κ1) is 15.1. The molecule has 18 heavy (non-hydrogen) atoms. The summed E-state index contributed by atoms with van der Waals surface area (Å²) in [6, 6.07) is 3.75. The van der Waals surface area contributed by atoms with Gasteiger partial charge in [-0.1, -0.05) is 33.8 Å². The summed E-state index contributed by atoms with van der Waals surface area (Å²) >= 11 is 0. The Morgan fingerprint density at radius 2 is 1.72 bits per heavy atom. The summed E-state index contributed by atoms with van der Waals surface area (Å²) < 4.78 is 27.8. The minimum atomic E-state index is -0.467. The van der Waals surface area contributed by atoms with Crippen LogP contribution in [0.15, 0.2) is 18.2 Å². The molecule has 1 unspecified atom stereocenters. The molecule has 1 nitrogen and oxygen atoms in total. The highest BCUT2D eigenvalue weighted by Crippen LogP contribution is 2.38. The van der Waals surface area contributed by atoms with E-state index in [1.807, 2.05) is 27.7 Å². The summed E-state index contributed by atoms with van der Waals surface area (Å²) in [6.45, 7) is 8.90. The van der Waals surface area contributed by atoms with Gasteiger partial charge in [0.05, 0.1) is 0 Å². The lowest BCUT2D eigenvalue weighted by Crippen LogP contribution is -2.35. The second kappa shape index (κ2) is 6.28. The topological polar surface area (TPSA) is 12.0 Å². The van der Waals surface area contributed by atoms with Gasteiger partial charge in [0.1, 0.15) is 11.6 Å². The second-order valence-electron chi connectivity index (χ2n) is 5.36. The zero-order valence-corrected chi connectivity index (χ0v) is 11.7. The fourth-order valence-corrected chi connectivity index (χ4v) is 2.05. The Morgan fingerprint density at radius 1 is 1.17 bits per heavy atom. The lowest BCUT2D eigenvalue weighted by Gasteiger charge is -2.35. The van der Waals surface area contributed by atoms with E-state index in [0.29, 0.717) is 0 Å². The molecule has 3 heteroatoms. The van der Waals surface area contributed by atoms with Gasteiger partial charge in [0.2, 0.25) is 0 Å². The average molecular weight is 255 g/mol. The van der Waals surface area contributed by atoms with Crippen LogP contribution in [0.5, 0.6) is 0 Å². The van der Waals surface area contributed by atoms with Crippen LogP contribution in [0.25, 0.3) is 0 Å². The Hall–Kier alpha value is -0.960. The first-order chi connectivity index (χ1) is 8.44. The molecule has 0 saturated carbocycles. The van der Waals surface area contributed by atoms with Crippen molar-refractivity contribution in [2.45, 2.75) is 46.6 Å². The van der Waals surface area contributed by atoms with Crippen molar-refractivity contribution in [2.24, 2.45) is 5.41 Å². The van der Waals surface area contributed by atoms with Crippen molar-refractivity contribution in [3.8, 4) is 0 Å². The molecule has 0 amide bonds. The van der Waals surface area contributed by atoms with Gasteiger partial charge < -0.3 is 5.32 Å². The predicted octanol–water partition coefficient (Wildman–Crippen LogP) is 4.44. The predicted molar refractivity (Wildman–Crippen MR) is 71.5 cm³/mol. The quantitative estimate of drug-likeness (QED) is 0.792. The third-order valence-electron chi connectivity index (χ3n) is 3.58. The fourth-order valence-electron chi connectivity index (χ4n) is 2.05. The summed E-state index contributed by atoms with van der Waals surface area (Å²) in [4.78, 5) is 0. The molecular weight excluding hydrogens is 232 g/mol. The number of benzene rings is 1. The highest BCUT2D eigenvalue weighted by molar-refractivity contribution is 5.25. The van der Waals surface area contributed by atoms with Crippen LogP contribution >= 0.6 is 0 Å². The molecule has 0 fully saturated rings. The van der Waals surface area contributed by atoms with Crippen molar-refractivity contribution in [2.75, 3.05) is 6.54 Å². The van der Waals surface area contributed by atoms with Crippen LogP contribution in [0.3, 0.4) is 0 Å². The molecule has 0 aliphatic carbocycles. The lowest BCUT2D eigenvalue weighted by molar-refractivity contribution is 0.224. The van der Waals surface area contributed by atoms with Gasteiger partial charge in [-0.3, -0.25) is 0 Å². The molecule has 0 aliphatic heterocycles. The Balaban J connectivity index is 3.17. The van der Waals surface area contributed by atoms with E-state index < -0.39 is 11.6 Å². The molecule has 1 N–H and O–H groups in total. The zero-order chi connectivity index (χ0) is 13.8. The van der Waals surface area contributed by atoms with E-state index >= 15 is 0 Å². The standard InChI is InChI=1S/C15H23F2N/c1-5-10-18-14(15(3,4)6-2)13-11(16)8-7-9-12(13)17/h7-9,14,18H,5-6,10H2,1-4H3. The Bertz CT molecular complexity index is 368. The van der Waals surface area contributed by atoms with E-state index in [-0.39, 0.29) is 17.0 Å². The summed E-state index contributed by atoms with van der Waals surface area (Å²) in [6.07, 6.45) is 1.79. The van der Waals surface area contributed by atoms with E-state index in [1.54, 1.807) is 0 Å². The molecule has 0 spiro atoms. The largest absolute Gasteiger partial charge is 0.309 e. The molecule has 0 aliphatic rings. The van der Waals surface area contributed by atoms with Crippen LogP contribution in [-0.4, -0.2) is 6.54 Å². The molecule has 1 aromatic carbocycles. The number of nitrogens with one attached hydrogen (secondary N) is 1. The van der Waals surface area contributed by atoms with E-state index in [1.165, 1.54) is 18.2 Å². The molecule has 1 atom stereocenters. The van der Waals surface area contributed by atoms with E-state index in [4.69, 9.17) is 0 Å². The Labute approximate surface area is 109 Å². The third-order valence-corrected chi connectivity index (χ3v) is 3.58. The minimum Gasteiger partial charge on any atom is -0.309 e. The molecule has 0 aromatic heterocycles. The van der Waals surface area contributed by atoms with Crippen LogP contribution < -0.4 is 5.32 Å². The molecule has 0 heterocycles. The molecule has 102 valence electrons. The van der Waals surface area contributed by atoms with Gasteiger partial charge in [-0.25, -0.2) is 8.78 Å². The van der Waals surface area contributed by atoms with E-state index in [0.717, 1.165) is 19.4 Å². The lowest BCUT2D eigenvalue weighted by atomic mass is 9.78. The van der Waals surface area contributed by atoms with Gasteiger partial charge in [-0.05, 0) is 36.9 Å². The molecule has 0 saturated heterocycles. The Kier molecular flexibility index (Phi) is 5.27. The molecular formula is C15H23F2N. The number of hydrogen-bond acceptors (Lipinski definition) is 1. The van der Waals surface area contributed by atoms with Gasteiger partial charge in [0, 0.05) is 11.6 Å².